The number of aryl methyl sites for hydroxylation is 1. The van der Waals surface area contributed by atoms with Crippen molar-refractivity contribution in [1.29, 1.82) is 0 Å². The molecule has 0 spiro atoms. The lowest BCUT2D eigenvalue weighted by Crippen LogP contribution is -2.20. The normalized spacial score (nSPS) is 11.8. The van der Waals surface area contributed by atoms with Gasteiger partial charge in [-0.3, -0.25) is 4.79 Å². The smallest absolute Gasteiger partial charge is 0.416 e. The summed E-state index contributed by atoms with van der Waals surface area (Å²) in [6.07, 6.45) is -3.14. The molecule has 0 atom stereocenters. The molecular weight excluding hydrogens is 611 g/mol. The third-order valence-electron chi connectivity index (χ3n) is 6.36. The Morgan fingerprint density at radius 1 is 0.976 bits per heavy atom. The van der Waals surface area contributed by atoms with E-state index in [1.807, 2.05) is 38.1 Å². The van der Waals surface area contributed by atoms with E-state index in [-0.39, 0.29) is 16.8 Å². The molecule has 10 heteroatoms. The van der Waals surface area contributed by atoms with Gasteiger partial charge in [0.15, 0.2) is 17.3 Å². The first kappa shape index (κ1) is 29.1. The highest BCUT2D eigenvalue weighted by atomic mass is 79.9. The van der Waals surface area contributed by atoms with E-state index in [9.17, 15) is 18.0 Å². The Kier molecular flexibility index (Phi) is 8.44. The first-order chi connectivity index (χ1) is 20.1. The Balaban J connectivity index is 1.55. The third kappa shape index (κ3) is 6.38. The van der Waals surface area contributed by atoms with Gasteiger partial charge in [-0.1, -0.05) is 54.1 Å². The molecule has 214 valence electrons. The van der Waals surface area contributed by atoms with Crippen molar-refractivity contribution in [1.82, 2.24) is 9.66 Å². The van der Waals surface area contributed by atoms with E-state index in [0.29, 0.717) is 40.3 Å². The Labute approximate surface area is 248 Å². The van der Waals surface area contributed by atoms with E-state index in [1.54, 1.807) is 36.4 Å². The summed E-state index contributed by atoms with van der Waals surface area (Å²) in [4.78, 5) is 18.0. The fourth-order valence-electron chi connectivity index (χ4n) is 4.28. The summed E-state index contributed by atoms with van der Waals surface area (Å²) in [6, 6.07) is 22.7. The summed E-state index contributed by atoms with van der Waals surface area (Å²) < 4.78 is 54.0. The molecule has 0 aliphatic rings. The fourth-order valence-corrected chi connectivity index (χ4v) is 4.86. The maximum Gasteiger partial charge on any atom is 0.416 e. The zero-order valence-corrected chi connectivity index (χ0v) is 24.2. The van der Waals surface area contributed by atoms with Gasteiger partial charge in [0.25, 0.3) is 5.56 Å². The maximum absolute atomic E-state index is 13.5. The van der Waals surface area contributed by atoms with Crippen molar-refractivity contribution in [3.63, 3.8) is 0 Å². The number of rotatable bonds is 8. The number of alkyl halides is 3. The van der Waals surface area contributed by atoms with Crippen LogP contribution in [-0.2, 0) is 12.8 Å². The molecule has 0 amide bonds. The van der Waals surface area contributed by atoms with E-state index in [2.05, 4.69) is 26.0 Å². The lowest BCUT2D eigenvalue weighted by Gasteiger charge is -2.15. The minimum absolute atomic E-state index is 0.0248. The number of hydrogen-bond acceptors (Lipinski definition) is 5. The fraction of sp³-hybridized carbons (Fsp3) is 0.156. The van der Waals surface area contributed by atoms with Crippen molar-refractivity contribution >= 4 is 33.0 Å². The monoisotopic (exact) mass is 635 g/mol. The van der Waals surface area contributed by atoms with Gasteiger partial charge in [-0.15, -0.1) is 0 Å². The average molecular weight is 636 g/mol. The highest BCUT2D eigenvalue weighted by Crippen LogP contribution is 2.37. The largest absolute Gasteiger partial charge is 0.490 e. The van der Waals surface area contributed by atoms with Crippen LogP contribution in [0.2, 0.25) is 0 Å². The molecule has 0 aliphatic carbocycles. The number of ether oxygens (including phenoxy) is 2. The molecule has 0 fully saturated rings. The summed E-state index contributed by atoms with van der Waals surface area (Å²) in [5.41, 5.74) is 1.76. The minimum atomic E-state index is -4.56. The van der Waals surface area contributed by atoms with Crippen molar-refractivity contribution in [2.45, 2.75) is 26.6 Å². The van der Waals surface area contributed by atoms with Crippen LogP contribution in [0.15, 0.2) is 99.3 Å². The molecule has 4 aromatic carbocycles. The quantitative estimate of drug-likeness (QED) is 0.162. The van der Waals surface area contributed by atoms with Gasteiger partial charge in [0.2, 0.25) is 0 Å². The van der Waals surface area contributed by atoms with Crippen molar-refractivity contribution in [2.75, 3.05) is 6.61 Å². The van der Waals surface area contributed by atoms with E-state index < -0.39 is 17.3 Å². The van der Waals surface area contributed by atoms with E-state index in [4.69, 9.17) is 9.47 Å². The van der Waals surface area contributed by atoms with Gasteiger partial charge in [0.1, 0.15) is 6.61 Å². The second-order valence-corrected chi connectivity index (χ2v) is 10.3. The maximum atomic E-state index is 13.5. The molecule has 5 rings (SSSR count). The number of halogens is 4. The van der Waals surface area contributed by atoms with E-state index in [1.165, 1.54) is 18.3 Å². The summed E-state index contributed by atoms with van der Waals surface area (Å²) in [7, 11) is 0. The molecule has 0 N–H and O–H groups in total. The van der Waals surface area contributed by atoms with E-state index >= 15 is 0 Å². The molecule has 1 aromatic heterocycles. The topological polar surface area (TPSA) is 65.7 Å². The molecule has 0 unspecified atom stereocenters. The standard InChI is InChI=1S/C32H25BrF3N3O3/c1-3-41-28-16-22(15-26(33)29(28)42-19-21-13-11-20(2)12-14-21)18-37-39-30(23-7-6-8-24(17-23)32(34,35)36)38-27-10-5-4-9-25(27)31(39)40/h4-18H,3,19H2,1-2H3. The average Bonchev–Trinajstić information content (AvgIpc) is 2.97. The first-order valence-electron chi connectivity index (χ1n) is 13.0. The molecule has 0 saturated carbocycles. The van der Waals surface area contributed by atoms with Crippen LogP contribution in [0.1, 0.15) is 29.2 Å². The number of nitrogens with zero attached hydrogens (tertiary/aromatic N) is 3. The van der Waals surface area contributed by atoms with Gasteiger partial charge in [-0.05, 0) is 77.3 Å². The van der Waals surface area contributed by atoms with Gasteiger partial charge in [-0.2, -0.15) is 22.9 Å². The number of para-hydroxylation sites is 1. The molecule has 6 nitrogen and oxygen atoms in total. The lowest BCUT2D eigenvalue weighted by molar-refractivity contribution is -0.137. The molecule has 5 aromatic rings. The van der Waals surface area contributed by atoms with Crippen LogP contribution in [0.4, 0.5) is 13.2 Å². The Bertz CT molecular complexity index is 1830. The predicted molar refractivity (Wildman–Crippen MR) is 160 cm³/mol. The lowest BCUT2D eigenvalue weighted by atomic mass is 10.1. The van der Waals surface area contributed by atoms with E-state index in [0.717, 1.165) is 27.9 Å². The Morgan fingerprint density at radius 3 is 2.48 bits per heavy atom. The van der Waals surface area contributed by atoms with Gasteiger partial charge >= 0.3 is 6.18 Å². The molecular formula is C32H25BrF3N3O3. The SMILES string of the molecule is CCOc1cc(C=Nn2c(-c3cccc(C(F)(F)F)c3)nc3ccccc3c2=O)cc(Br)c1OCc1ccc(C)cc1. The van der Waals surface area contributed by atoms with Crippen LogP contribution in [-0.4, -0.2) is 22.5 Å². The summed E-state index contributed by atoms with van der Waals surface area (Å²) in [6.45, 7) is 4.56. The number of fused-ring (bicyclic) bond motifs is 1. The van der Waals surface area contributed by atoms with Crippen molar-refractivity contribution in [2.24, 2.45) is 5.10 Å². The zero-order chi connectivity index (χ0) is 29.9. The third-order valence-corrected chi connectivity index (χ3v) is 6.95. The van der Waals surface area contributed by atoms with Gasteiger partial charge < -0.3 is 9.47 Å². The number of aromatic nitrogens is 2. The summed E-state index contributed by atoms with van der Waals surface area (Å²) in [5, 5.41) is 4.67. The zero-order valence-electron chi connectivity index (χ0n) is 22.7. The van der Waals surface area contributed by atoms with Crippen LogP contribution >= 0.6 is 15.9 Å². The predicted octanol–water partition coefficient (Wildman–Crippen LogP) is 8.01. The Morgan fingerprint density at radius 2 is 1.74 bits per heavy atom. The van der Waals surface area contributed by atoms with Gasteiger partial charge in [0, 0.05) is 5.56 Å². The Hall–Kier alpha value is -4.44. The van der Waals surface area contributed by atoms with Crippen LogP contribution in [0.25, 0.3) is 22.3 Å². The van der Waals surface area contributed by atoms with Crippen LogP contribution in [0.5, 0.6) is 11.5 Å². The van der Waals surface area contributed by atoms with Gasteiger partial charge in [-0.25, -0.2) is 4.98 Å². The van der Waals surface area contributed by atoms with Crippen molar-refractivity contribution in [3.8, 4) is 22.9 Å². The number of hydrogen-bond donors (Lipinski definition) is 0. The molecule has 0 bridgehead atoms. The second kappa shape index (κ2) is 12.2. The highest BCUT2D eigenvalue weighted by molar-refractivity contribution is 9.10. The second-order valence-electron chi connectivity index (χ2n) is 9.43. The van der Waals surface area contributed by atoms with Crippen molar-refractivity contribution < 1.29 is 22.6 Å². The van der Waals surface area contributed by atoms with Crippen LogP contribution < -0.4 is 15.0 Å². The number of benzene rings is 4. The summed E-state index contributed by atoms with van der Waals surface area (Å²) >= 11 is 3.55. The molecule has 0 aliphatic heterocycles. The summed E-state index contributed by atoms with van der Waals surface area (Å²) in [5.74, 6) is 0.939. The molecule has 0 radical (unpaired) electrons. The first-order valence-corrected chi connectivity index (χ1v) is 13.8. The van der Waals surface area contributed by atoms with Crippen LogP contribution in [0, 0.1) is 6.92 Å². The molecule has 1 heterocycles. The van der Waals surface area contributed by atoms with Crippen molar-refractivity contribution in [3.05, 3.63) is 122 Å². The highest BCUT2D eigenvalue weighted by Gasteiger charge is 2.31. The van der Waals surface area contributed by atoms with Gasteiger partial charge in [0.05, 0.1) is 33.8 Å². The minimum Gasteiger partial charge on any atom is -0.490 e. The molecule has 42 heavy (non-hydrogen) atoms. The van der Waals surface area contributed by atoms with Crippen LogP contribution in [0.3, 0.4) is 0 Å². The molecule has 0 saturated heterocycles.